The van der Waals surface area contributed by atoms with Gasteiger partial charge < -0.3 is 4.90 Å². The van der Waals surface area contributed by atoms with Crippen LogP contribution >= 0.6 is 0 Å². The minimum Gasteiger partial charge on any atom is -0.341 e. The van der Waals surface area contributed by atoms with Crippen LogP contribution in [0.5, 0.6) is 0 Å². The minimum absolute atomic E-state index is 0.580. The normalized spacial score (nSPS) is 12.9. The van der Waals surface area contributed by atoms with Gasteiger partial charge >= 0.3 is 0 Å². The predicted octanol–water partition coefficient (Wildman–Crippen LogP) is 8.78. The first kappa shape index (κ1) is 25.6. The lowest BCUT2D eigenvalue weighted by atomic mass is 10.0. The molecule has 0 heterocycles. The number of hydrogen-bond donors (Lipinski definition) is 0. The Balaban J connectivity index is 2.46. The highest BCUT2D eigenvalue weighted by Gasteiger charge is 2.16. The summed E-state index contributed by atoms with van der Waals surface area (Å²) in [6, 6.07) is 13.4. The van der Waals surface area contributed by atoms with E-state index in [-0.39, 0.29) is 0 Å². The zero-order valence-corrected chi connectivity index (χ0v) is 21.0. The van der Waals surface area contributed by atoms with Crippen LogP contribution in [0.2, 0.25) is 0 Å². The fraction of sp³-hybridized carbons (Fsp3) is 0.448. The van der Waals surface area contributed by atoms with Gasteiger partial charge in [0.25, 0.3) is 0 Å². The molecule has 3 heteroatoms. The van der Waals surface area contributed by atoms with Crippen molar-refractivity contribution in [1.82, 2.24) is 0 Å². The first-order chi connectivity index (χ1) is 15.5. The summed E-state index contributed by atoms with van der Waals surface area (Å²) in [6.45, 7) is 18.1. The molecule has 0 bridgehead atoms. The summed E-state index contributed by atoms with van der Waals surface area (Å²) in [5, 5.41) is 0. The van der Waals surface area contributed by atoms with Crippen molar-refractivity contribution >= 4 is 35.7 Å². The topological polar surface area (TPSA) is 28.0 Å². The van der Waals surface area contributed by atoms with Crippen molar-refractivity contribution in [2.75, 3.05) is 11.4 Å². The third-order valence-electron chi connectivity index (χ3n) is 6.24. The van der Waals surface area contributed by atoms with Crippen LogP contribution in [0.4, 0.5) is 22.7 Å². The molecule has 0 saturated heterocycles. The van der Waals surface area contributed by atoms with Gasteiger partial charge in [-0.2, -0.15) is 0 Å². The van der Waals surface area contributed by atoms with Crippen molar-refractivity contribution in [3.63, 3.8) is 0 Å². The van der Waals surface area contributed by atoms with Gasteiger partial charge in [0.2, 0.25) is 0 Å². The number of aliphatic imine (C=N–C) groups is 2. The summed E-state index contributed by atoms with van der Waals surface area (Å²) >= 11 is 0. The van der Waals surface area contributed by atoms with Crippen molar-refractivity contribution in [3.05, 3.63) is 59.2 Å². The lowest BCUT2D eigenvalue weighted by Crippen LogP contribution is -2.23. The van der Waals surface area contributed by atoms with E-state index in [2.05, 4.69) is 101 Å². The quantitative estimate of drug-likeness (QED) is 0.244. The summed E-state index contributed by atoms with van der Waals surface area (Å²) in [6.07, 6.45) is 9.30. The Kier molecular flexibility index (Phi) is 10.4. The predicted molar refractivity (Wildman–Crippen MR) is 144 cm³/mol. The maximum atomic E-state index is 4.70. The number of benzene rings is 2. The number of hydrogen-bond acceptors (Lipinski definition) is 3. The highest BCUT2D eigenvalue weighted by molar-refractivity contribution is 5.78. The van der Waals surface area contributed by atoms with E-state index in [0.29, 0.717) is 5.92 Å². The zero-order chi connectivity index (χ0) is 23.5. The molecule has 32 heavy (non-hydrogen) atoms. The Morgan fingerprint density at radius 1 is 0.969 bits per heavy atom. The van der Waals surface area contributed by atoms with Crippen molar-refractivity contribution in [3.8, 4) is 0 Å². The van der Waals surface area contributed by atoms with E-state index in [1.54, 1.807) is 0 Å². The van der Waals surface area contributed by atoms with Crippen LogP contribution in [0, 0.1) is 5.92 Å². The molecule has 0 fully saturated rings. The zero-order valence-electron chi connectivity index (χ0n) is 21.0. The van der Waals surface area contributed by atoms with Gasteiger partial charge in [-0.3, -0.25) is 9.98 Å². The number of rotatable bonds is 12. The highest BCUT2D eigenvalue weighted by atomic mass is 15.1. The molecule has 0 spiro atoms. The Morgan fingerprint density at radius 2 is 1.66 bits per heavy atom. The summed E-state index contributed by atoms with van der Waals surface area (Å²) in [4.78, 5) is 11.4. The van der Waals surface area contributed by atoms with Crippen LogP contribution in [0.1, 0.15) is 71.9 Å². The molecule has 0 amide bonds. The Labute approximate surface area is 196 Å². The molecule has 3 nitrogen and oxygen atoms in total. The monoisotopic (exact) mass is 431 g/mol. The smallest absolute Gasteiger partial charge is 0.0899 e. The fourth-order valence-electron chi connectivity index (χ4n) is 3.75. The average molecular weight is 432 g/mol. The molecule has 0 N–H and O–H groups in total. The highest BCUT2D eigenvalue weighted by Crippen LogP contribution is 2.36. The Hall–Kier alpha value is -2.68. The van der Waals surface area contributed by atoms with Crippen molar-refractivity contribution in [1.29, 1.82) is 0 Å². The Bertz CT molecular complexity index is 917. The number of allylic oxidation sites excluding steroid dienone is 2. The first-order valence-electron chi connectivity index (χ1n) is 12.2. The molecule has 0 aliphatic rings. The first-order valence-corrected chi connectivity index (χ1v) is 12.2. The van der Waals surface area contributed by atoms with Crippen LogP contribution < -0.4 is 4.90 Å². The van der Waals surface area contributed by atoms with Crippen LogP contribution in [-0.4, -0.2) is 19.5 Å². The van der Waals surface area contributed by atoms with Crippen molar-refractivity contribution in [2.24, 2.45) is 15.9 Å². The standard InChI is InChI=1S/C29H41N3/c1-8-22(6)21-32(27-18-24(11-4)17-25(12-5)19-27)26-13-14-28(29(20-26)30-7)31-16-15-23(9-2)10-3/h9,13-14,16-20,22H,7-8,10-12,15,21H2,1-6H3/b23-9+,31-16?. The third kappa shape index (κ3) is 6.91. The van der Waals surface area contributed by atoms with Crippen LogP contribution in [0.15, 0.2) is 58.0 Å². The molecule has 172 valence electrons. The summed E-state index contributed by atoms with van der Waals surface area (Å²) in [5.74, 6) is 0.580. The molecule has 0 aromatic heterocycles. The molecule has 0 aliphatic heterocycles. The van der Waals surface area contributed by atoms with Gasteiger partial charge in [0.1, 0.15) is 0 Å². The maximum absolute atomic E-state index is 4.70. The van der Waals surface area contributed by atoms with Gasteiger partial charge in [-0.05, 0) is 80.3 Å². The minimum atomic E-state index is 0.580. The molecule has 0 saturated carbocycles. The summed E-state index contributed by atoms with van der Waals surface area (Å²) in [7, 11) is 0. The van der Waals surface area contributed by atoms with Crippen LogP contribution in [0.25, 0.3) is 0 Å². The molecule has 2 rings (SSSR count). The molecule has 0 radical (unpaired) electrons. The molecule has 2 aromatic carbocycles. The number of nitrogens with zero attached hydrogens (tertiary/aromatic N) is 3. The Morgan fingerprint density at radius 3 is 2.19 bits per heavy atom. The summed E-state index contributed by atoms with van der Waals surface area (Å²) < 4.78 is 0. The molecule has 1 atom stereocenters. The second-order valence-electron chi connectivity index (χ2n) is 8.49. The van der Waals surface area contributed by atoms with Crippen LogP contribution in [-0.2, 0) is 12.8 Å². The second-order valence-corrected chi connectivity index (χ2v) is 8.49. The van der Waals surface area contributed by atoms with E-state index < -0.39 is 0 Å². The maximum Gasteiger partial charge on any atom is 0.0899 e. The van der Waals surface area contributed by atoms with Crippen molar-refractivity contribution < 1.29 is 0 Å². The van der Waals surface area contributed by atoms with Gasteiger partial charge in [0.05, 0.1) is 11.4 Å². The molecule has 2 aromatic rings. The van der Waals surface area contributed by atoms with Gasteiger partial charge in [0, 0.05) is 30.6 Å². The molecular weight excluding hydrogens is 390 g/mol. The molecule has 1 unspecified atom stereocenters. The van der Waals surface area contributed by atoms with E-state index in [1.807, 2.05) is 6.21 Å². The second kappa shape index (κ2) is 13.0. The third-order valence-corrected chi connectivity index (χ3v) is 6.24. The summed E-state index contributed by atoms with van der Waals surface area (Å²) in [5.41, 5.74) is 8.25. The van der Waals surface area contributed by atoms with Crippen LogP contribution in [0.3, 0.4) is 0 Å². The lowest BCUT2D eigenvalue weighted by Gasteiger charge is -2.29. The molecule has 0 aliphatic carbocycles. The average Bonchev–Trinajstić information content (AvgIpc) is 2.84. The van der Waals surface area contributed by atoms with Gasteiger partial charge in [-0.15, -0.1) is 0 Å². The lowest BCUT2D eigenvalue weighted by molar-refractivity contribution is 0.568. The van der Waals surface area contributed by atoms with Crippen molar-refractivity contribution in [2.45, 2.75) is 73.6 Å². The SMILES string of the molecule is C=Nc1cc(N(CC(C)CC)c2cc(CC)cc(CC)c2)ccc1N=CC/C(=C/C)CC. The van der Waals surface area contributed by atoms with E-state index in [0.717, 1.165) is 55.7 Å². The largest absolute Gasteiger partial charge is 0.341 e. The van der Waals surface area contributed by atoms with Gasteiger partial charge in [-0.1, -0.05) is 58.8 Å². The van der Waals surface area contributed by atoms with Gasteiger partial charge in [0.15, 0.2) is 0 Å². The van der Waals surface area contributed by atoms with E-state index >= 15 is 0 Å². The fourth-order valence-corrected chi connectivity index (χ4v) is 3.75. The van der Waals surface area contributed by atoms with E-state index in [1.165, 1.54) is 22.4 Å². The van der Waals surface area contributed by atoms with E-state index in [9.17, 15) is 0 Å². The van der Waals surface area contributed by atoms with E-state index in [4.69, 9.17) is 4.99 Å². The molecular formula is C29H41N3. The number of anilines is 2. The number of aryl methyl sites for hydroxylation is 2. The van der Waals surface area contributed by atoms with Gasteiger partial charge in [-0.25, -0.2) is 0 Å².